The molecule has 3 rings (SSSR count). The molecule has 2 heterocycles. The highest BCUT2D eigenvalue weighted by atomic mass is 16.6. The lowest BCUT2D eigenvalue weighted by molar-refractivity contribution is -0.386. The fourth-order valence-corrected chi connectivity index (χ4v) is 3.35. The third-order valence-corrected chi connectivity index (χ3v) is 4.56. The molecule has 1 aliphatic rings. The molecule has 0 atom stereocenters. The van der Waals surface area contributed by atoms with E-state index in [1.54, 1.807) is 13.8 Å². The first kappa shape index (κ1) is 19.7. The summed E-state index contributed by atoms with van der Waals surface area (Å²) in [7, 11) is 0. The maximum absolute atomic E-state index is 12.1. The highest BCUT2D eigenvalue weighted by molar-refractivity contribution is 5.75. The third-order valence-electron chi connectivity index (χ3n) is 4.56. The number of amides is 1. The number of nitrogens with zero attached hydrogens (tertiary/aromatic N) is 3. The number of rotatable bonds is 7. The van der Waals surface area contributed by atoms with E-state index in [4.69, 9.17) is 9.47 Å². The van der Waals surface area contributed by atoms with E-state index in [2.05, 4.69) is 10.4 Å². The lowest BCUT2D eigenvalue weighted by atomic mass is 10.0. The number of benzene rings is 1. The second kappa shape index (κ2) is 7.49. The van der Waals surface area contributed by atoms with Crippen LogP contribution >= 0.6 is 0 Å². The van der Waals surface area contributed by atoms with Crippen LogP contribution in [-0.4, -0.2) is 39.4 Å². The normalized spacial score (nSPS) is 14.3. The van der Waals surface area contributed by atoms with Crippen molar-refractivity contribution in [2.75, 3.05) is 13.2 Å². The van der Waals surface area contributed by atoms with Crippen LogP contribution in [0.15, 0.2) is 18.2 Å². The monoisotopic (exact) mass is 388 g/mol. The first-order chi connectivity index (χ1) is 13.2. The Morgan fingerprint density at radius 2 is 2.18 bits per heavy atom. The highest BCUT2D eigenvalue weighted by Crippen LogP contribution is 2.41. The zero-order valence-electron chi connectivity index (χ0n) is 16.4. The molecular weight excluding hydrogens is 364 g/mol. The number of hydrogen-bond acceptors (Lipinski definition) is 6. The van der Waals surface area contributed by atoms with Crippen molar-refractivity contribution in [3.63, 3.8) is 0 Å². The van der Waals surface area contributed by atoms with Crippen LogP contribution in [0.4, 0.5) is 5.69 Å². The Morgan fingerprint density at radius 1 is 1.43 bits per heavy atom. The van der Waals surface area contributed by atoms with Gasteiger partial charge in [0, 0.05) is 12.0 Å². The molecule has 0 saturated heterocycles. The first-order valence-corrected chi connectivity index (χ1v) is 9.07. The molecule has 150 valence electrons. The summed E-state index contributed by atoms with van der Waals surface area (Å²) < 4.78 is 13.1. The molecule has 1 aliphatic heterocycles. The fraction of sp³-hybridized carbons (Fsp3) is 0.474. The zero-order valence-corrected chi connectivity index (χ0v) is 16.4. The number of nitro groups is 1. The zero-order chi connectivity index (χ0) is 20.5. The Labute approximate surface area is 162 Å². The van der Waals surface area contributed by atoms with E-state index >= 15 is 0 Å². The van der Waals surface area contributed by atoms with Crippen LogP contribution < -0.4 is 14.8 Å². The van der Waals surface area contributed by atoms with E-state index in [0.717, 1.165) is 17.7 Å². The van der Waals surface area contributed by atoms with Crippen molar-refractivity contribution < 1.29 is 19.2 Å². The number of ether oxygens (including phenoxy) is 2. The predicted molar refractivity (Wildman–Crippen MR) is 102 cm³/mol. The van der Waals surface area contributed by atoms with Gasteiger partial charge in [-0.1, -0.05) is 12.1 Å². The second-order valence-corrected chi connectivity index (χ2v) is 7.42. The van der Waals surface area contributed by atoms with Crippen molar-refractivity contribution in [2.45, 2.75) is 46.3 Å². The molecule has 9 heteroatoms. The molecule has 0 fully saturated rings. The number of hydrogen-bond donors (Lipinski definition) is 1. The number of carbonyl (C=O) groups excluding carboxylic acids is 1. The molecule has 1 aromatic heterocycles. The molecule has 0 spiro atoms. The van der Waals surface area contributed by atoms with E-state index in [-0.39, 0.29) is 30.3 Å². The van der Waals surface area contributed by atoms with Crippen molar-refractivity contribution in [1.29, 1.82) is 0 Å². The highest BCUT2D eigenvalue weighted by Gasteiger charge is 2.32. The molecule has 1 N–H and O–H groups in total. The van der Waals surface area contributed by atoms with Crippen molar-refractivity contribution in [3.8, 4) is 11.5 Å². The van der Waals surface area contributed by atoms with Gasteiger partial charge in [0.15, 0.2) is 11.5 Å². The summed E-state index contributed by atoms with van der Waals surface area (Å²) in [6.07, 6.45) is 0.824. The fourth-order valence-electron chi connectivity index (χ4n) is 3.35. The minimum absolute atomic E-state index is 0.0583. The maximum Gasteiger partial charge on any atom is 0.312 e. The summed E-state index contributed by atoms with van der Waals surface area (Å²) >= 11 is 0. The van der Waals surface area contributed by atoms with Crippen molar-refractivity contribution in [1.82, 2.24) is 15.1 Å². The predicted octanol–water partition coefficient (Wildman–Crippen LogP) is 2.32. The minimum Gasteiger partial charge on any atom is -0.488 e. The average Bonchev–Trinajstić information content (AvgIpc) is 3.06. The van der Waals surface area contributed by atoms with Gasteiger partial charge in [0.2, 0.25) is 5.91 Å². The van der Waals surface area contributed by atoms with E-state index in [0.29, 0.717) is 23.7 Å². The lowest BCUT2D eigenvalue weighted by Gasteiger charge is -2.18. The molecule has 28 heavy (non-hydrogen) atoms. The summed E-state index contributed by atoms with van der Waals surface area (Å²) in [5.41, 5.74) is 1.45. The molecule has 0 bridgehead atoms. The number of fused-ring (bicyclic) bond motifs is 1. The molecule has 0 saturated carbocycles. The van der Waals surface area contributed by atoms with Gasteiger partial charge >= 0.3 is 5.69 Å². The van der Waals surface area contributed by atoms with Gasteiger partial charge < -0.3 is 14.8 Å². The van der Waals surface area contributed by atoms with Crippen LogP contribution in [0.2, 0.25) is 0 Å². The van der Waals surface area contributed by atoms with Crippen LogP contribution in [0.25, 0.3) is 0 Å². The third kappa shape index (κ3) is 4.08. The second-order valence-electron chi connectivity index (χ2n) is 7.42. The molecule has 0 aliphatic carbocycles. The summed E-state index contributed by atoms with van der Waals surface area (Å²) in [6, 6.07) is 5.79. The first-order valence-electron chi connectivity index (χ1n) is 9.07. The Balaban J connectivity index is 1.51. The van der Waals surface area contributed by atoms with Crippen LogP contribution in [-0.2, 0) is 17.8 Å². The van der Waals surface area contributed by atoms with Crippen LogP contribution in [0.3, 0.4) is 0 Å². The van der Waals surface area contributed by atoms with Crippen LogP contribution in [0.5, 0.6) is 11.5 Å². The molecule has 9 nitrogen and oxygen atoms in total. The Bertz CT molecular complexity index is 919. The van der Waals surface area contributed by atoms with E-state index < -0.39 is 4.92 Å². The molecule has 0 radical (unpaired) electrons. The molecule has 1 aromatic carbocycles. The van der Waals surface area contributed by atoms with Crippen LogP contribution in [0.1, 0.15) is 30.8 Å². The molecule has 1 amide bonds. The largest absolute Gasteiger partial charge is 0.488 e. The number of carbonyl (C=O) groups is 1. The number of aromatic nitrogens is 2. The van der Waals surface area contributed by atoms with E-state index in [9.17, 15) is 14.9 Å². The molecule has 2 aromatic rings. The number of nitrogens with one attached hydrogen (secondary N) is 1. The van der Waals surface area contributed by atoms with Gasteiger partial charge in [-0.2, -0.15) is 5.10 Å². The topological polar surface area (TPSA) is 109 Å². The molecular formula is C19H24N4O5. The smallest absolute Gasteiger partial charge is 0.312 e. The van der Waals surface area contributed by atoms with E-state index in [1.807, 2.05) is 32.0 Å². The molecule has 0 unspecified atom stereocenters. The van der Waals surface area contributed by atoms with Gasteiger partial charge in [0.05, 0.1) is 11.5 Å². The Hall–Kier alpha value is -3.10. The van der Waals surface area contributed by atoms with Crippen molar-refractivity contribution in [3.05, 3.63) is 45.3 Å². The van der Waals surface area contributed by atoms with Crippen LogP contribution in [0, 0.1) is 24.0 Å². The van der Waals surface area contributed by atoms with Gasteiger partial charge in [-0.25, -0.2) is 0 Å². The number of aryl methyl sites for hydroxylation is 1. The van der Waals surface area contributed by atoms with Gasteiger partial charge in [0.1, 0.15) is 30.1 Å². The standard InChI is InChI=1S/C19H24N4O5/c1-12-17(23(25)26)13(2)22(21-12)11-16(24)20-8-9-27-15-7-5-6-14-10-19(3,4)28-18(14)15/h5-7H,8-11H2,1-4H3,(H,20,24). The summed E-state index contributed by atoms with van der Waals surface area (Å²) in [6.45, 7) is 7.68. The Morgan fingerprint density at radius 3 is 2.86 bits per heavy atom. The van der Waals surface area contributed by atoms with Gasteiger partial charge in [-0.15, -0.1) is 0 Å². The minimum atomic E-state index is -0.485. The summed E-state index contributed by atoms with van der Waals surface area (Å²) in [4.78, 5) is 22.7. The SMILES string of the molecule is Cc1nn(CC(=O)NCCOc2cccc3c2OC(C)(C)C3)c(C)c1[N+](=O)[O-]. The number of para-hydroxylation sites is 1. The quantitative estimate of drug-likeness (QED) is 0.443. The Kier molecular flexibility index (Phi) is 5.26. The average molecular weight is 388 g/mol. The van der Waals surface area contributed by atoms with E-state index in [1.165, 1.54) is 4.68 Å². The van der Waals surface area contributed by atoms with Gasteiger partial charge in [0.25, 0.3) is 0 Å². The maximum atomic E-state index is 12.1. The van der Waals surface area contributed by atoms with Gasteiger partial charge in [-0.05, 0) is 33.8 Å². The van der Waals surface area contributed by atoms with Gasteiger partial charge in [-0.3, -0.25) is 19.6 Å². The van der Waals surface area contributed by atoms with Crippen molar-refractivity contribution >= 4 is 11.6 Å². The van der Waals surface area contributed by atoms with Crippen molar-refractivity contribution in [2.24, 2.45) is 0 Å². The lowest BCUT2D eigenvalue weighted by Crippen LogP contribution is -2.31. The summed E-state index contributed by atoms with van der Waals surface area (Å²) in [5.74, 6) is 1.13. The summed E-state index contributed by atoms with van der Waals surface area (Å²) in [5, 5.41) is 17.8.